The zero-order valence-corrected chi connectivity index (χ0v) is 17.4. The standard InChI is InChI=1S/C21H24FN5OS/c1-3-26-9-11-27(12-10-26)18-7-6-15(22)13-16(18)14(2)24-19(28)21-25-17-5-4-8-23-20(17)29-21/h4-8,13-14H,3,9-12H2,1-2H3,(H,24,28). The molecule has 3 aromatic rings. The monoisotopic (exact) mass is 413 g/mol. The summed E-state index contributed by atoms with van der Waals surface area (Å²) in [4.78, 5) is 26.7. The van der Waals surface area contributed by atoms with Gasteiger partial charge in [0.15, 0.2) is 5.01 Å². The Hall–Kier alpha value is -2.58. The summed E-state index contributed by atoms with van der Waals surface area (Å²) in [5, 5.41) is 3.34. The lowest BCUT2D eigenvalue weighted by atomic mass is 10.0. The SMILES string of the molecule is CCN1CCN(c2ccc(F)cc2C(C)NC(=O)c2nc3cccnc3s2)CC1. The molecule has 1 saturated heterocycles. The maximum Gasteiger partial charge on any atom is 0.280 e. The Morgan fingerprint density at radius 1 is 1.28 bits per heavy atom. The molecule has 1 unspecified atom stereocenters. The van der Waals surface area contributed by atoms with E-state index in [1.54, 1.807) is 12.3 Å². The van der Waals surface area contributed by atoms with E-state index in [4.69, 9.17) is 0 Å². The molecular formula is C21H24FN5OS. The molecule has 8 heteroatoms. The number of pyridine rings is 1. The number of hydrogen-bond acceptors (Lipinski definition) is 6. The smallest absolute Gasteiger partial charge is 0.280 e. The number of fused-ring (bicyclic) bond motifs is 1. The number of thiazole rings is 1. The average molecular weight is 414 g/mol. The van der Waals surface area contributed by atoms with Crippen molar-refractivity contribution in [2.24, 2.45) is 0 Å². The Morgan fingerprint density at radius 2 is 2.07 bits per heavy atom. The molecule has 0 bridgehead atoms. The van der Waals surface area contributed by atoms with Crippen molar-refractivity contribution in [1.29, 1.82) is 0 Å². The van der Waals surface area contributed by atoms with Crippen molar-refractivity contribution >= 4 is 33.3 Å². The summed E-state index contributed by atoms with van der Waals surface area (Å²) in [6.07, 6.45) is 1.68. The predicted molar refractivity (Wildman–Crippen MR) is 114 cm³/mol. The van der Waals surface area contributed by atoms with Crippen LogP contribution in [0, 0.1) is 5.82 Å². The number of aromatic nitrogens is 2. The number of piperazine rings is 1. The lowest BCUT2D eigenvalue weighted by Gasteiger charge is -2.37. The van der Waals surface area contributed by atoms with Crippen molar-refractivity contribution in [2.45, 2.75) is 19.9 Å². The number of carbonyl (C=O) groups excluding carboxylic acids is 1. The summed E-state index contributed by atoms with van der Waals surface area (Å²) < 4.78 is 14.0. The van der Waals surface area contributed by atoms with Gasteiger partial charge in [-0.25, -0.2) is 14.4 Å². The van der Waals surface area contributed by atoms with Crippen LogP contribution in [-0.2, 0) is 0 Å². The van der Waals surface area contributed by atoms with Crippen LogP contribution in [0.25, 0.3) is 10.3 Å². The highest BCUT2D eigenvalue weighted by Crippen LogP contribution is 2.29. The van der Waals surface area contributed by atoms with Crippen LogP contribution in [0.1, 0.15) is 35.3 Å². The number of rotatable bonds is 5. The first-order valence-electron chi connectivity index (χ1n) is 9.84. The van der Waals surface area contributed by atoms with Gasteiger partial charge in [-0.2, -0.15) is 0 Å². The Bertz CT molecular complexity index is 982. The quantitative estimate of drug-likeness (QED) is 0.694. The third kappa shape index (κ3) is 4.23. The van der Waals surface area contributed by atoms with Crippen LogP contribution in [0.5, 0.6) is 0 Å². The Morgan fingerprint density at radius 3 is 2.79 bits per heavy atom. The first-order chi connectivity index (χ1) is 14.0. The molecule has 1 aromatic carbocycles. The van der Waals surface area contributed by atoms with Gasteiger partial charge in [0.1, 0.15) is 16.2 Å². The zero-order valence-electron chi connectivity index (χ0n) is 16.6. The number of nitrogens with zero attached hydrogens (tertiary/aromatic N) is 4. The molecule has 1 fully saturated rings. The van der Waals surface area contributed by atoms with Gasteiger partial charge in [0.25, 0.3) is 5.91 Å². The first-order valence-corrected chi connectivity index (χ1v) is 10.7. The van der Waals surface area contributed by atoms with Crippen LogP contribution in [0.15, 0.2) is 36.5 Å². The van der Waals surface area contributed by atoms with Crippen molar-refractivity contribution in [2.75, 3.05) is 37.6 Å². The minimum absolute atomic E-state index is 0.272. The van der Waals surface area contributed by atoms with E-state index in [9.17, 15) is 9.18 Å². The molecule has 2 aromatic heterocycles. The summed E-state index contributed by atoms with van der Waals surface area (Å²) in [7, 11) is 0. The van der Waals surface area contributed by atoms with Crippen LogP contribution in [-0.4, -0.2) is 53.5 Å². The van der Waals surface area contributed by atoms with Gasteiger partial charge in [-0.1, -0.05) is 18.3 Å². The number of nitrogens with one attached hydrogen (secondary N) is 1. The molecule has 0 aliphatic carbocycles. The topological polar surface area (TPSA) is 61.4 Å². The Balaban J connectivity index is 1.54. The molecule has 1 aliphatic heterocycles. The summed E-state index contributed by atoms with van der Waals surface area (Å²) in [6, 6.07) is 8.10. The Kier molecular flexibility index (Phi) is 5.73. The van der Waals surface area contributed by atoms with E-state index in [-0.39, 0.29) is 17.8 Å². The maximum absolute atomic E-state index is 14.0. The number of likely N-dealkylation sites (N-methyl/N-ethyl adjacent to an activating group) is 1. The molecule has 0 saturated carbocycles. The summed E-state index contributed by atoms with van der Waals surface area (Å²) in [5.74, 6) is -0.576. The van der Waals surface area contributed by atoms with Gasteiger partial charge >= 0.3 is 0 Å². The van der Waals surface area contributed by atoms with Crippen LogP contribution in [0.4, 0.5) is 10.1 Å². The molecule has 1 N–H and O–H groups in total. The molecule has 3 heterocycles. The van der Waals surface area contributed by atoms with Gasteiger partial charge in [0.2, 0.25) is 0 Å². The molecule has 1 amide bonds. The number of hydrogen-bond donors (Lipinski definition) is 1. The van der Waals surface area contributed by atoms with Gasteiger partial charge in [0.05, 0.1) is 6.04 Å². The van der Waals surface area contributed by atoms with Gasteiger partial charge in [-0.15, -0.1) is 0 Å². The predicted octanol–water partition coefficient (Wildman–Crippen LogP) is 3.46. The minimum atomic E-state index is -0.350. The molecule has 4 rings (SSSR count). The normalized spacial score (nSPS) is 16.2. The van der Waals surface area contributed by atoms with E-state index in [0.29, 0.717) is 10.5 Å². The molecule has 1 aliphatic rings. The third-order valence-electron chi connectivity index (χ3n) is 5.32. The highest BCUT2D eigenvalue weighted by Gasteiger charge is 2.23. The van der Waals surface area contributed by atoms with Crippen LogP contribution < -0.4 is 10.2 Å². The maximum atomic E-state index is 14.0. The fraction of sp³-hybridized carbons (Fsp3) is 0.381. The lowest BCUT2D eigenvalue weighted by Crippen LogP contribution is -2.46. The van der Waals surface area contributed by atoms with Crippen molar-refractivity contribution in [3.05, 3.63) is 52.9 Å². The Labute approximate surface area is 173 Å². The van der Waals surface area contributed by atoms with Gasteiger partial charge in [-0.3, -0.25) is 4.79 Å². The second kappa shape index (κ2) is 8.42. The summed E-state index contributed by atoms with van der Waals surface area (Å²) in [5.41, 5.74) is 2.46. The molecule has 152 valence electrons. The minimum Gasteiger partial charge on any atom is -0.369 e. The van der Waals surface area contributed by atoms with Crippen molar-refractivity contribution < 1.29 is 9.18 Å². The van der Waals surface area contributed by atoms with Gasteiger partial charge in [0, 0.05) is 43.6 Å². The average Bonchev–Trinajstić information content (AvgIpc) is 3.18. The highest BCUT2D eigenvalue weighted by atomic mass is 32.1. The summed E-state index contributed by atoms with van der Waals surface area (Å²) in [6.45, 7) is 8.80. The van der Waals surface area contributed by atoms with E-state index in [1.165, 1.54) is 23.5 Å². The van der Waals surface area contributed by atoms with E-state index in [2.05, 4.69) is 32.0 Å². The van der Waals surface area contributed by atoms with E-state index < -0.39 is 0 Å². The van der Waals surface area contributed by atoms with Crippen molar-refractivity contribution in [3.63, 3.8) is 0 Å². The molecule has 0 spiro atoms. The van der Waals surface area contributed by atoms with Crippen LogP contribution in [0.3, 0.4) is 0 Å². The fourth-order valence-corrected chi connectivity index (χ4v) is 4.48. The molecule has 6 nitrogen and oxygen atoms in total. The largest absolute Gasteiger partial charge is 0.369 e. The van der Waals surface area contributed by atoms with E-state index in [1.807, 2.05) is 19.1 Å². The molecule has 1 atom stereocenters. The zero-order chi connectivity index (χ0) is 20.4. The number of amides is 1. The molecule has 29 heavy (non-hydrogen) atoms. The van der Waals surface area contributed by atoms with Gasteiger partial charge in [-0.05, 0) is 43.8 Å². The second-order valence-corrected chi connectivity index (χ2v) is 8.14. The van der Waals surface area contributed by atoms with Crippen LogP contribution in [0.2, 0.25) is 0 Å². The number of benzene rings is 1. The van der Waals surface area contributed by atoms with E-state index >= 15 is 0 Å². The van der Waals surface area contributed by atoms with E-state index in [0.717, 1.165) is 48.8 Å². The lowest BCUT2D eigenvalue weighted by molar-refractivity contribution is 0.0939. The first kappa shape index (κ1) is 19.7. The fourth-order valence-electron chi connectivity index (χ4n) is 3.67. The highest BCUT2D eigenvalue weighted by molar-refractivity contribution is 7.19. The van der Waals surface area contributed by atoms with Crippen molar-refractivity contribution in [3.8, 4) is 0 Å². The number of halogens is 1. The van der Waals surface area contributed by atoms with Gasteiger partial charge < -0.3 is 15.1 Å². The molecule has 0 radical (unpaired) electrons. The number of anilines is 1. The second-order valence-electron chi connectivity index (χ2n) is 7.17. The molecular weight excluding hydrogens is 389 g/mol. The van der Waals surface area contributed by atoms with Crippen LogP contribution >= 0.6 is 11.3 Å². The summed E-state index contributed by atoms with van der Waals surface area (Å²) >= 11 is 1.26. The van der Waals surface area contributed by atoms with Crippen molar-refractivity contribution in [1.82, 2.24) is 20.2 Å². The number of carbonyl (C=O) groups is 1. The third-order valence-corrected chi connectivity index (χ3v) is 6.30.